The quantitative estimate of drug-likeness (QED) is 0.714. The second kappa shape index (κ2) is 4.03. The van der Waals surface area contributed by atoms with E-state index in [9.17, 15) is 9.59 Å². The van der Waals surface area contributed by atoms with E-state index in [1.54, 1.807) is 0 Å². The van der Waals surface area contributed by atoms with Gasteiger partial charge in [-0.3, -0.25) is 9.59 Å². The molecule has 20 heavy (non-hydrogen) atoms. The molecule has 2 heteroatoms. The van der Waals surface area contributed by atoms with Gasteiger partial charge in [0.2, 0.25) is 0 Å². The van der Waals surface area contributed by atoms with Crippen molar-refractivity contribution in [3.63, 3.8) is 0 Å². The average molecular weight is 270 g/mol. The van der Waals surface area contributed by atoms with Gasteiger partial charge in [-0.2, -0.15) is 0 Å². The second-order valence-electron chi connectivity index (χ2n) is 8.00. The number of benzene rings is 1. The van der Waals surface area contributed by atoms with E-state index in [0.717, 1.165) is 35.1 Å². The minimum absolute atomic E-state index is 0.00381. The largest absolute Gasteiger partial charge is 0.294 e. The number of ketones is 2. The third kappa shape index (κ3) is 2.11. The Morgan fingerprint density at radius 2 is 1.05 bits per heavy atom. The molecule has 1 aromatic rings. The van der Waals surface area contributed by atoms with Crippen LogP contribution in [0.15, 0.2) is 12.1 Å². The molecule has 0 N–H and O–H groups in total. The van der Waals surface area contributed by atoms with Gasteiger partial charge in [0.15, 0.2) is 11.6 Å². The van der Waals surface area contributed by atoms with Gasteiger partial charge in [0.1, 0.15) is 0 Å². The molecule has 0 aliphatic heterocycles. The molecule has 3 rings (SSSR count). The zero-order chi connectivity index (χ0) is 14.7. The summed E-state index contributed by atoms with van der Waals surface area (Å²) in [7, 11) is 0. The summed E-state index contributed by atoms with van der Waals surface area (Å²) in [4.78, 5) is 24.7. The molecule has 0 atom stereocenters. The number of carbonyl (C=O) groups is 2. The van der Waals surface area contributed by atoms with Crippen LogP contribution >= 0.6 is 0 Å². The SMILES string of the molecule is CC1(C)CC(=O)c2ccc3c(c2C1)CC(C)(C)CC3=O. The highest BCUT2D eigenvalue weighted by Crippen LogP contribution is 2.42. The van der Waals surface area contributed by atoms with Crippen molar-refractivity contribution >= 4 is 11.6 Å². The van der Waals surface area contributed by atoms with Gasteiger partial charge in [0.25, 0.3) is 0 Å². The molecule has 0 radical (unpaired) electrons. The molecule has 2 nitrogen and oxygen atoms in total. The van der Waals surface area contributed by atoms with Gasteiger partial charge >= 0.3 is 0 Å². The molecule has 106 valence electrons. The molecule has 2 aliphatic carbocycles. The van der Waals surface area contributed by atoms with E-state index in [2.05, 4.69) is 27.7 Å². The van der Waals surface area contributed by atoms with Crippen LogP contribution in [0.3, 0.4) is 0 Å². The zero-order valence-corrected chi connectivity index (χ0v) is 12.8. The lowest BCUT2D eigenvalue weighted by Gasteiger charge is -2.37. The smallest absolute Gasteiger partial charge is 0.163 e. The highest BCUT2D eigenvalue weighted by Gasteiger charge is 2.38. The number of Topliss-reactive ketones (excluding diaryl/α,β-unsaturated/α-hetero) is 2. The summed E-state index contributed by atoms with van der Waals surface area (Å²) in [5, 5.41) is 0. The first kappa shape index (κ1) is 13.5. The van der Waals surface area contributed by atoms with Gasteiger partial charge < -0.3 is 0 Å². The highest BCUT2D eigenvalue weighted by molar-refractivity contribution is 6.04. The standard InChI is InChI=1S/C18H22O2/c1-17(2)7-13-11(15(19)9-17)5-6-12-14(13)8-18(3,4)10-16(12)20/h5-6H,7-10H2,1-4H3. The molecule has 0 saturated carbocycles. The fourth-order valence-corrected chi connectivity index (χ4v) is 3.76. The van der Waals surface area contributed by atoms with Crippen LogP contribution < -0.4 is 0 Å². The van der Waals surface area contributed by atoms with E-state index >= 15 is 0 Å². The van der Waals surface area contributed by atoms with Crippen LogP contribution in [0.2, 0.25) is 0 Å². The summed E-state index contributed by atoms with van der Waals surface area (Å²) < 4.78 is 0. The van der Waals surface area contributed by atoms with Crippen molar-refractivity contribution < 1.29 is 9.59 Å². The van der Waals surface area contributed by atoms with Gasteiger partial charge in [0.05, 0.1) is 0 Å². The Kier molecular flexibility index (Phi) is 2.73. The maximum absolute atomic E-state index is 12.3. The van der Waals surface area contributed by atoms with Crippen LogP contribution in [0.1, 0.15) is 72.4 Å². The number of hydrogen-bond acceptors (Lipinski definition) is 2. The van der Waals surface area contributed by atoms with Crippen molar-refractivity contribution in [3.8, 4) is 0 Å². The van der Waals surface area contributed by atoms with Crippen LogP contribution in [-0.4, -0.2) is 11.6 Å². The molecule has 2 aliphatic rings. The summed E-state index contributed by atoms with van der Waals surface area (Å²) in [6.07, 6.45) is 3.02. The Balaban J connectivity index is 2.21. The van der Waals surface area contributed by atoms with Gasteiger partial charge in [-0.1, -0.05) is 39.8 Å². The fourth-order valence-electron chi connectivity index (χ4n) is 3.76. The zero-order valence-electron chi connectivity index (χ0n) is 12.8. The van der Waals surface area contributed by atoms with Gasteiger partial charge in [0, 0.05) is 24.0 Å². The van der Waals surface area contributed by atoms with Crippen molar-refractivity contribution in [2.75, 3.05) is 0 Å². The summed E-state index contributed by atoms with van der Waals surface area (Å²) in [6, 6.07) is 3.75. The van der Waals surface area contributed by atoms with Gasteiger partial charge in [-0.25, -0.2) is 0 Å². The van der Waals surface area contributed by atoms with Crippen molar-refractivity contribution in [2.45, 2.75) is 53.4 Å². The number of fused-ring (bicyclic) bond motifs is 3. The lowest BCUT2D eigenvalue weighted by Crippen LogP contribution is -2.33. The molecule has 1 aromatic carbocycles. The maximum atomic E-state index is 12.3. The van der Waals surface area contributed by atoms with E-state index in [0.29, 0.717) is 12.8 Å². The normalized spacial score (nSPS) is 23.2. The monoisotopic (exact) mass is 270 g/mol. The van der Waals surface area contributed by atoms with Crippen LogP contribution in [0.25, 0.3) is 0 Å². The number of hydrogen-bond donors (Lipinski definition) is 0. The Bertz CT molecular complexity index is 566. The maximum Gasteiger partial charge on any atom is 0.163 e. The Hall–Kier alpha value is -1.44. The average Bonchev–Trinajstić information content (AvgIpc) is 2.26. The predicted octanol–water partition coefficient (Wildman–Crippen LogP) is 4.00. The first-order valence-corrected chi connectivity index (χ1v) is 7.40. The van der Waals surface area contributed by atoms with E-state index < -0.39 is 0 Å². The van der Waals surface area contributed by atoms with Crippen LogP contribution in [0.5, 0.6) is 0 Å². The molecule has 0 saturated heterocycles. The van der Waals surface area contributed by atoms with Crippen molar-refractivity contribution in [2.24, 2.45) is 10.8 Å². The number of rotatable bonds is 0. The molecule has 0 aromatic heterocycles. The van der Waals surface area contributed by atoms with E-state index in [1.165, 1.54) is 0 Å². The second-order valence-corrected chi connectivity index (χ2v) is 8.00. The first-order chi connectivity index (χ1) is 9.19. The molecular weight excluding hydrogens is 248 g/mol. The summed E-state index contributed by atoms with van der Waals surface area (Å²) in [5.41, 5.74) is 4.00. The Labute approximate surface area is 120 Å². The van der Waals surface area contributed by atoms with Crippen molar-refractivity contribution in [3.05, 3.63) is 34.4 Å². The lowest BCUT2D eigenvalue weighted by atomic mass is 9.66. The van der Waals surface area contributed by atoms with Gasteiger partial charge in [-0.05, 0) is 34.8 Å². The molecule has 0 unspecified atom stereocenters. The van der Waals surface area contributed by atoms with Crippen molar-refractivity contribution in [1.82, 2.24) is 0 Å². The van der Waals surface area contributed by atoms with E-state index in [-0.39, 0.29) is 22.4 Å². The summed E-state index contributed by atoms with van der Waals surface area (Å²) in [5.74, 6) is 0.463. The topological polar surface area (TPSA) is 34.1 Å². The minimum atomic E-state index is 0.00381. The summed E-state index contributed by atoms with van der Waals surface area (Å²) >= 11 is 0. The predicted molar refractivity (Wildman–Crippen MR) is 79.3 cm³/mol. The van der Waals surface area contributed by atoms with Crippen LogP contribution in [-0.2, 0) is 12.8 Å². The molecule has 0 spiro atoms. The molecule has 0 bridgehead atoms. The lowest BCUT2D eigenvalue weighted by molar-refractivity contribution is 0.0888. The molecule has 0 fully saturated rings. The highest BCUT2D eigenvalue weighted by atomic mass is 16.1. The van der Waals surface area contributed by atoms with Gasteiger partial charge in [-0.15, -0.1) is 0 Å². The third-order valence-corrected chi connectivity index (χ3v) is 4.62. The first-order valence-electron chi connectivity index (χ1n) is 7.40. The molecule has 0 amide bonds. The Morgan fingerprint density at radius 1 is 0.700 bits per heavy atom. The van der Waals surface area contributed by atoms with E-state index in [4.69, 9.17) is 0 Å². The molecular formula is C18H22O2. The van der Waals surface area contributed by atoms with E-state index in [1.807, 2.05) is 12.1 Å². The molecule has 0 heterocycles. The fraction of sp³-hybridized carbons (Fsp3) is 0.556. The number of carbonyl (C=O) groups excluding carboxylic acids is 2. The minimum Gasteiger partial charge on any atom is -0.294 e. The van der Waals surface area contributed by atoms with Crippen molar-refractivity contribution in [1.29, 1.82) is 0 Å². The van der Waals surface area contributed by atoms with Crippen LogP contribution in [0.4, 0.5) is 0 Å². The van der Waals surface area contributed by atoms with Crippen LogP contribution in [0, 0.1) is 10.8 Å². The third-order valence-electron chi connectivity index (χ3n) is 4.62. The summed E-state index contributed by atoms with van der Waals surface area (Å²) in [6.45, 7) is 8.57. The Morgan fingerprint density at radius 3 is 1.40 bits per heavy atom.